The van der Waals surface area contributed by atoms with Crippen molar-refractivity contribution >= 4 is 23.2 Å². The maximum absolute atomic E-state index is 13.5. The highest BCUT2D eigenvalue weighted by atomic mass is 35.5. The van der Waals surface area contributed by atoms with Gasteiger partial charge in [0.05, 0.1) is 5.56 Å². The highest BCUT2D eigenvalue weighted by Gasteiger charge is 2.34. The Morgan fingerprint density at radius 1 is 0.971 bits per heavy atom. The van der Waals surface area contributed by atoms with Crippen LogP contribution in [0.25, 0.3) is 0 Å². The molecule has 8 heteroatoms. The molecule has 1 fully saturated rings. The van der Waals surface area contributed by atoms with Crippen LogP contribution in [0.1, 0.15) is 34.3 Å². The summed E-state index contributed by atoms with van der Waals surface area (Å²) in [6.45, 7) is 1.23. The third-order valence-electron chi connectivity index (χ3n) is 6.03. The summed E-state index contributed by atoms with van der Waals surface area (Å²) in [6.07, 6.45) is -3.27. The van der Waals surface area contributed by atoms with Gasteiger partial charge in [-0.15, -0.1) is 0 Å². The predicted octanol–water partition coefficient (Wildman–Crippen LogP) is 6.81. The van der Waals surface area contributed by atoms with Crippen LogP contribution >= 0.6 is 11.6 Å². The third kappa shape index (κ3) is 5.59. The van der Waals surface area contributed by atoms with Crippen molar-refractivity contribution in [3.8, 4) is 0 Å². The lowest BCUT2D eigenvalue weighted by molar-refractivity contribution is -0.138. The van der Waals surface area contributed by atoms with Gasteiger partial charge < -0.3 is 4.90 Å². The highest BCUT2D eigenvalue weighted by molar-refractivity contribution is 6.31. The van der Waals surface area contributed by atoms with Crippen molar-refractivity contribution in [3.63, 3.8) is 0 Å². The number of amides is 1. The zero-order valence-electron chi connectivity index (χ0n) is 18.2. The van der Waals surface area contributed by atoms with E-state index in [2.05, 4.69) is 0 Å². The molecule has 3 nitrogen and oxygen atoms in total. The SMILES string of the molecule is O=C(c1cccc(Cl)c1)N(c1ccc(F)cc1)C1CCN(Cc2ccccc2C(F)(F)F)CC1. The minimum Gasteiger partial charge on any atom is -0.305 e. The highest BCUT2D eigenvalue weighted by Crippen LogP contribution is 2.33. The summed E-state index contributed by atoms with van der Waals surface area (Å²) < 4.78 is 53.6. The molecular weight excluding hydrogens is 468 g/mol. The average Bonchev–Trinajstić information content (AvgIpc) is 2.81. The summed E-state index contributed by atoms with van der Waals surface area (Å²) in [5, 5.41) is 0.433. The number of carbonyl (C=O) groups is 1. The lowest BCUT2D eigenvalue weighted by Gasteiger charge is -2.39. The van der Waals surface area contributed by atoms with Gasteiger partial charge in [0.1, 0.15) is 5.82 Å². The van der Waals surface area contributed by atoms with Crippen LogP contribution in [0, 0.1) is 5.82 Å². The summed E-state index contributed by atoms with van der Waals surface area (Å²) in [5.74, 6) is -0.660. The van der Waals surface area contributed by atoms with Crippen molar-refractivity contribution in [2.24, 2.45) is 0 Å². The molecule has 0 spiro atoms. The minimum absolute atomic E-state index is 0.182. The van der Waals surface area contributed by atoms with Crippen LogP contribution < -0.4 is 4.90 Å². The van der Waals surface area contributed by atoms with E-state index in [1.807, 2.05) is 4.90 Å². The summed E-state index contributed by atoms with van der Waals surface area (Å²) in [4.78, 5) is 17.1. The molecule has 0 N–H and O–H groups in total. The van der Waals surface area contributed by atoms with Crippen molar-refractivity contribution in [2.75, 3.05) is 18.0 Å². The molecule has 1 aliphatic rings. The van der Waals surface area contributed by atoms with E-state index < -0.39 is 17.6 Å². The first-order valence-electron chi connectivity index (χ1n) is 10.9. The number of benzene rings is 3. The first kappa shape index (κ1) is 24.2. The molecule has 178 valence electrons. The smallest absolute Gasteiger partial charge is 0.305 e. The van der Waals surface area contributed by atoms with Gasteiger partial charge in [-0.25, -0.2) is 4.39 Å². The van der Waals surface area contributed by atoms with Gasteiger partial charge in [0.25, 0.3) is 5.91 Å². The first-order chi connectivity index (χ1) is 16.2. The minimum atomic E-state index is -4.41. The Bertz CT molecular complexity index is 1140. The molecule has 0 radical (unpaired) electrons. The Labute approximate surface area is 200 Å². The standard InChI is InChI=1S/C26H23ClF4N2O/c27-20-6-3-5-18(16-20)25(34)33(22-10-8-21(28)9-11-22)23-12-14-32(15-13-23)17-19-4-1-2-7-24(19)26(29,30)31/h1-11,16,23H,12-15,17H2. The van der Waals surface area contributed by atoms with Crippen LogP contribution in [0.5, 0.6) is 0 Å². The van der Waals surface area contributed by atoms with E-state index in [0.29, 0.717) is 42.2 Å². The Morgan fingerprint density at radius 3 is 2.29 bits per heavy atom. The maximum Gasteiger partial charge on any atom is 0.416 e. The lowest BCUT2D eigenvalue weighted by Crippen LogP contribution is -2.47. The van der Waals surface area contributed by atoms with E-state index in [1.54, 1.807) is 47.4 Å². The summed E-state index contributed by atoms with van der Waals surface area (Å²) in [6, 6.07) is 17.8. The average molecular weight is 491 g/mol. The van der Waals surface area contributed by atoms with E-state index >= 15 is 0 Å². The van der Waals surface area contributed by atoms with Crippen molar-refractivity contribution in [1.82, 2.24) is 4.90 Å². The Balaban J connectivity index is 1.53. The Hall–Kier alpha value is -2.90. The van der Waals surface area contributed by atoms with Crippen LogP contribution in [0.4, 0.5) is 23.2 Å². The Morgan fingerprint density at radius 2 is 1.65 bits per heavy atom. The van der Waals surface area contributed by atoms with Gasteiger partial charge in [-0.05, 0) is 66.9 Å². The van der Waals surface area contributed by atoms with E-state index in [0.717, 1.165) is 6.07 Å². The molecule has 3 aromatic carbocycles. The van der Waals surface area contributed by atoms with Gasteiger partial charge in [-0.3, -0.25) is 9.69 Å². The molecule has 1 saturated heterocycles. The second-order valence-electron chi connectivity index (χ2n) is 8.32. The second kappa shape index (κ2) is 10.2. The van der Waals surface area contributed by atoms with E-state index in [4.69, 9.17) is 11.6 Å². The van der Waals surface area contributed by atoms with Gasteiger partial charge in [0.15, 0.2) is 0 Å². The van der Waals surface area contributed by atoms with Crippen molar-refractivity contribution in [3.05, 3.63) is 100 Å². The number of hydrogen-bond acceptors (Lipinski definition) is 2. The number of likely N-dealkylation sites (tertiary alicyclic amines) is 1. The summed E-state index contributed by atoms with van der Waals surface area (Å²) >= 11 is 6.08. The van der Waals surface area contributed by atoms with Crippen LogP contribution in [-0.4, -0.2) is 29.9 Å². The fourth-order valence-corrected chi connectivity index (χ4v) is 4.56. The molecular formula is C26H23ClF4N2O. The van der Waals surface area contributed by atoms with E-state index in [1.165, 1.54) is 24.3 Å². The van der Waals surface area contributed by atoms with Crippen LogP contribution in [0.2, 0.25) is 5.02 Å². The van der Waals surface area contributed by atoms with E-state index in [9.17, 15) is 22.4 Å². The zero-order valence-corrected chi connectivity index (χ0v) is 19.0. The largest absolute Gasteiger partial charge is 0.416 e. The van der Waals surface area contributed by atoms with Crippen molar-refractivity contribution in [1.29, 1.82) is 0 Å². The summed E-state index contributed by atoms with van der Waals surface area (Å²) in [5.41, 5.74) is 0.589. The molecule has 34 heavy (non-hydrogen) atoms. The molecule has 1 amide bonds. The lowest BCUT2D eigenvalue weighted by atomic mass is 9.99. The molecule has 3 aromatic rings. The number of rotatable bonds is 5. The molecule has 0 bridgehead atoms. The second-order valence-corrected chi connectivity index (χ2v) is 8.76. The zero-order chi connectivity index (χ0) is 24.3. The molecule has 1 heterocycles. The molecule has 0 unspecified atom stereocenters. The van der Waals surface area contributed by atoms with Crippen LogP contribution in [0.15, 0.2) is 72.8 Å². The van der Waals surface area contributed by atoms with Crippen molar-refractivity contribution < 1.29 is 22.4 Å². The van der Waals surface area contributed by atoms with Crippen molar-refractivity contribution in [2.45, 2.75) is 31.6 Å². The van der Waals surface area contributed by atoms with Crippen LogP contribution in [0.3, 0.4) is 0 Å². The third-order valence-corrected chi connectivity index (χ3v) is 6.27. The predicted molar refractivity (Wildman–Crippen MR) is 124 cm³/mol. The topological polar surface area (TPSA) is 23.6 Å². The van der Waals surface area contributed by atoms with Gasteiger partial charge in [-0.1, -0.05) is 35.9 Å². The fourth-order valence-electron chi connectivity index (χ4n) is 4.37. The monoisotopic (exact) mass is 490 g/mol. The fraction of sp³-hybridized carbons (Fsp3) is 0.269. The van der Waals surface area contributed by atoms with Gasteiger partial charge in [0.2, 0.25) is 0 Å². The number of alkyl halides is 3. The Kier molecular flexibility index (Phi) is 7.24. The van der Waals surface area contributed by atoms with Crippen LogP contribution in [-0.2, 0) is 12.7 Å². The van der Waals surface area contributed by atoms with E-state index in [-0.39, 0.29) is 24.1 Å². The number of nitrogens with zero attached hydrogens (tertiary/aromatic N) is 2. The molecule has 1 aliphatic heterocycles. The number of hydrogen-bond donors (Lipinski definition) is 0. The number of carbonyl (C=O) groups excluding carboxylic acids is 1. The molecule has 4 rings (SSSR count). The number of piperidine rings is 1. The molecule has 0 aromatic heterocycles. The number of halogens is 5. The van der Waals surface area contributed by atoms with Gasteiger partial charge in [0, 0.05) is 41.9 Å². The van der Waals surface area contributed by atoms with Gasteiger partial charge in [-0.2, -0.15) is 13.2 Å². The molecule has 0 atom stereocenters. The first-order valence-corrected chi connectivity index (χ1v) is 11.3. The normalized spacial score (nSPS) is 15.3. The molecule has 0 saturated carbocycles. The molecule has 0 aliphatic carbocycles. The summed E-state index contributed by atoms with van der Waals surface area (Å²) in [7, 11) is 0. The quantitative estimate of drug-likeness (QED) is 0.367. The maximum atomic E-state index is 13.5. The number of anilines is 1. The van der Waals surface area contributed by atoms with Gasteiger partial charge >= 0.3 is 6.18 Å².